The minimum Gasteiger partial charge on any atom is -0.399 e. The Hall–Kier alpha value is -2.17. The van der Waals surface area contributed by atoms with E-state index in [9.17, 15) is 4.39 Å². The summed E-state index contributed by atoms with van der Waals surface area (Å²) in [6.45, 7) is 7.91. The van der Waals surface area contributed by atoms with Crippen molar-refractivity contribution in [1.29, 1.82) is 5.26 Å². The molecule has 0 unspecified atom stereocenters. The van der Waals surface area contributed by atoms with Gasteiger partial charge in [0.1, 0.15) is 11.9 Å². The molecule has 1 aliphatic rings. The maximum atomic E-state index is 13.3. The molecule has 118 valence electrons. The Balaban J connectivity index is 1.93. The highest BCUT2D eigenvalue weighted by molar-refractivity contribution is 6.62. The average molecular weight is 313 g/mol. The maximum Gasteiger partial charge on any atom is 0.498 e. The van der Waals surface area contributed by atoms with Gasteiger partial charge in [-0.05, 0) is 45.9 Å². The van der Waals surface area contributed by atoms with Crippen molar-refractivity contribution >= 4 is 12.6 Å². The van der Waals surface area contributed by atoms with E-state index in [4.69, 9.17) is 14.6 Å². The van der Waals surface area contributed by atoms with Crippen molar-refractivity contribution in [3.05, 3.63) is 42.0 Å². The van der Waals surface area contributed by atoms with Crippen LogP contribution in [0.4, 0.5) is 4.39 Å². The van der Waals surface area contributed by atoms with Crippen molar-refractivity contribution in [2.24, 2.45) is 0 Å². The van der Waals surface area contributed by atoms with Crippen molar-refractivity contribution in [2.45, 2.75) is 38.9 Å². The molecule has 2 aromatic rings. The lowest BCUT2D eigenvalue weighted by Crippen LogP contribution is -2.41. The van der Waals surface area contributed by atoms with Gasteiger partial charge in [-0.15, -0.1) is 0 Å². The van der Waals surface area contributed by atoms with E-state index < -0.39 is 24.1 Å². The Bertz CT molecular complexity index is 779. The normalized spacial score (nSPS) is 18.9. The summed E-state index contributed by atoms with van der Waals surface area (Å²) in [5.41, 5.74) is 0.600. The Labute approximate surface area is 134 Å². The third-order valence-corrected chi connectivity index (χ3v) is 4.45. The molecule has 0 N–H and O–H groups in total. The van der Waals surface area contributed by atoms with Gasteiger partial charge in [-0.1, -0.05) is 0 Å². The predicted molar refractivity (Wildman–Crippen MR) is 84.0 cm³/mol. The summed E-state index contributed by atoms with van der Waals surface area (Å²) in [4.78, 5) is 0. The van der Waals surface area contributed by atoms with E-state index >= 15 is 0 Å². The van der Waals surface area contributed by atoms with Gasteiger partial charge >= 0.3 is 7.12 Å². The Kier molecular flexibility index (Phi) is 3.54. The van der Waals surface area contributed by atoms with Crippen LogP contribution in [0.15, 0.2) is 30.6 Å². The molecule has 5 nitrogen and oxygen atoms in total. The first-order valence-corrected chi connectivity index (χ1v) is 7.34. The second-order valence-corrected chi connectivity index (χ2v) is 6.58. The predicted octanol–water partition coefficient (Wildman–Crippen LogP) is 2.18. The Morgan fingerprint density at radius 2 is 1.87 bits per heavy atom. The summed E-state index contributed by atoms with van der Waals surface area (Å²) in [6, 6.07) is 5.98. The van der Waals surface area contributed by atoms with E-state index in [1.807, 2.05) is 33.8 Å². The molecule has 0 radical (unpaired) electrons. The molecule has 1 saturated heterocycles. The Morgan fingerprint density at radius 1 is 1.22 bits per heavy atom. The monoisotopic (exact) mass is 313 g/mol. The topological polar surface area (TPSA) is 60.1 Å². The molecule has 0 bridgehead atoms. The molecule has 1 aromatic heterocycles. The molecule has 0 spiro atoms. The molecule has 0 amide bonds. The van der Waals surface area contributed by atoms with Gasteiger partial charge in [-0.2, -0.15) is 10.4 Å². The van der Waals surface area contributed by atoms with E-state index in [-0.39, 0.29) is 5.56 Å². The number of aromatic nitrogens is 2. The molecule has 2 heterocycles. The second-order valence-electron chi connectivity index (χ2n) is 6.58. The zero-order valence-electron chi connectivity index (χ0n) is 13.5. The van der Waals surface area contributed by atoms with Crippen LogP contribution in [0.1, 0.15) is 33.3 Å². The van der Waals surface area contributed by atoms with Crippen molar-refractivity contribution in [3.63, 3.8) is 0 Å². The molecular weight excluding hydrogens is 296 g/mol. The van der Waals surface area contributed by atoms with E-state index in [2.05, 4.69) is 5.10 Å². The fourth-order valence-corrected chi connectivity index (χ4v) is 2.37. The van der Waals surface area contributed by atoms with E-state index in [0.717, 1.165) is 5.46 Å². The highest BCUT2D eigenvalue weighted by Crippen LogP contribution is 2.36. The third kappa shape index (κ3) is 2.65. The van der Waals surface area contributed by atoms with Crippen LogP contribution in [0, 0.1) is 17.1 Å². The highest BCUT2D eigenvalue weighted by Gasteiger charge is 2.52. The molecule has 0 saturated carbocycles. The third-order valence-electron chi connectivity index (χ3n) is 4.45. The molecule has 1 aliphatic heterocycles. The van der Waals surface area contributed by atoms with Crippen LogP contribution >= 0.6 is 0 Å². The minimum atomic E-state index is -0.528. The number of nitrogens with zero attached hydrogens (tertiary/aromatic N) is 3. The fourth-order valence-electron chi connectivity index (χ4n) is 2.37. The van der Waals surface area contributed by atoms with E-state index in [1.54, 1.807) is 12.4 Å². The molecule has 23 heavy (non-hydrogen) atoms. The zero-order chi connectivity index (χ0) is 16.8. The quantitative estimate of drug-likeness (QED) is 0.797. The lowest BCUT2D eigenvalue weighted by atomic mass is 9.82. The lowest BCUT2D eigenvalue weighted by molar-refractivity contribution is 0.00578. The molecule has 1 fully saturated rings. The summed E-state index contributed by atoms with van der Waals surface area (Å²) in [5.74, 6) is -0.455. The van der Waals surface area contributed by atoms with Gasteiger partial charge in [0, 0.05) is 17.9 Å². The molecule has 0 aliphatic carbocycles. The van der Waals surface area contributed by atoms with E-state index in [0.29, 0.717) is 5.69 Å². The molecule has 7 heteroatoms. The number of benzene rings is 1. The number of hydrogen-bond acceptors (Lipinski definition) is 4. The van der Waals surface area contributed by atoms with Gasteiger partial charge < -0.3 is 9.31 Å². The number of hydrogen-bond donors (Lipinski definition) is 0. The first-order chi connectivity index (χ1) is 10.7. The number of rotatable bonds is 2. The summed E-state index contributed by atoms with van der Waals surface area (Å²) >= 11 is 0. The number of halogens is 1. The largest absolute Gasteiger partial charge is 0.498 e. The summed E-state index contributed by atoms with van der Waals surface area (Å²) in [6.07, 6.45) is 3.36. The lowest BCUT2D eigenvalue weighted by Gasteiger charge is -2.32. The average Bonchev–Trinajstić information content (AvgIpc) is 3.02. The smallest absolute Gasteiger partial charge is 0.399 e. The van der Waals surface area contributed by atoms with Crippen LogP contribution in [0.3, 0.4) is 0 Å². The van der Waals surface area contributed by atoms with Crippen LogP contribution in [0.25, 0.3) is 5.69 Å². The van der Waals surface area contributed by atoms with Gasteiger partial charge in [0.25, 0.3) is 0 Å². The van der Waals surface area contributed by atoms with Gasteiger partial charge in [0.15, 0.2) is 0 Å². The SMILES string of the molecule is CC1(C)OB(c2cnn(-c3ccc(F)cc3C#N)c2)OC1(C)C. The molecular formula is C16H17BFN3O2. The van der Waals surface area contributed by atoms with Gasteiger partial charge in [0.05, 0.1) is 22.5 Å². The van der Waals surface area contributed by atoms with Crippen molar-refractivity contribution in [1.82, 2.24) is 9.78 Å². The summed E-state index contributed by atoms with van der Waals surface area (Å²) in [7, 11) is -0.528. The maximum absolute atomic E-state index is 13.3. The first-order valence-electron chi connectivity index (χ1n) is 7.34. The summed E-state index contributed by atoms with van der Waals surface area (Å²) < 4.78 is 26.7. The standard InChI is InChI=1S/C16H17BFN3O2/c1-15(2)16(3,4)23-17(22-15)12-9-20-21(10-12)14-6-5-13(18)7-11(14)8-19/h5-7,9-10H,1-4H3. The van der Waals surface area contributed by atoms with Crippen molar-refractivity contribution < 1.29 is 13.7 Å². The van der Waals surface area contributed by atoms with Crippen LogP contribution in [-0.2, 0) is 9.31 Å². The highest BCUT2D eigenvalue weighted by atomic mass is 19.1. The van der Waals surface area contributed by atoms with Crippen LogP contribution in [0.5, 0.6) is 0 Å². The molecule has 0 atom stereocenters. The van der Waals surface area contributed by atoms with Gasteiger partial charge in [-0.25, -0.2) is 9.07 Å². The van der Waals surface area contributed by atoms with Crippen molar-refractivity contribution in [2.75, 3.05) is 0 Å². The second kappa shape index (κ2) is 5.19. The van der Waals surface area contributed by atoms with Crippen LogP contribution in [-0.4, -0.2) is 28.1 Å². The zero-order valence-corrected chi connectivity index (χ0v) is 13.5. The summed E-state index contributed by atoms with van der Waals surface area (Å²) in [5, 5.41) is 13.4. The number of nitriles is 1. The fraction of sp³-hybridized carbons (Fsp3) is 0.375. The molecule has 1 aromatic carbocycles. The van der Waals surface area contributed by atoms with Crippen molar-refractivity contribution in [3.8, 4) is 11.8 Å². The van der Waals surface area contributed by atoms with Gasteiger partial charge in [-0.3, -0.25) is 0 Å². The molecule has 3 rings (SSSR count). The van der Waals surface area contributed by atoms with Gasteiger partial charge in [0.2, 0.25) is 0 Å². The Morgan fingerprint density at radius 3 is 2.48 bits per heavy atom. The van der Waals surface area contributed by atoms with E-state index in [1.165, 1.54) is 22.9 Å². The van der Waals surface area contributed by atoms with Crippen LogP contribution < -0.4 is 5.46 Å². The van der Waals surface area contributed by atoms with Crippen LogP contribution in [0.2, 0.25) is 0 Å². The first kappa shape index (κ1) is 15.7. The minimum absolute atomic E-state index is 0.216.